The molecule has 3 rings (SSSR count). The first-order chi connectivity index (χ1) is 11.0. The van der Waals surface area contributed by atoms with Gasteiger partial charge in [-0.2, -0.15) is 0 Å². The molecule has 2 aromatic rings. The van der Waals surface area contributed by atoms with E-state index < -0.39 is 5.82 Å². The van der Waals surface area contributed by atoms with Crippen molar-refractivity contribution >= 4 is 39.1 Å². The van der Waals surface area contributed by atoms with E-state index >= 15 is 0 Å². The van der Waals surface area contributed by atoms with Crippen LogP contribution in [0.15, 0.2) is 46.9 Å². The predicted octanol–water partition coefficient (Wildman–Crippen LogP) is 4.20. The highest BCUT2D eigenvalue weighted by Gasteiger charge is 2.24. The van der Waals surface area contributed by atoms with Gasteiger partial charge in [-0.3, -0.25) is 4.79 Å². The molecule has 120 valence electrons. The molecule has 0 bridgehead atoms. The molecule has 0 unspecified atom stereocenters. The van der Waals surface area contributed by atoms with Crippen LogP contribution in [0.3, 0.4) is 0 Å². The van der Waals surface area contributed by atoms with Gasteiger partial charge >= 0.3 is 0 Å². The van der Waals surface area contributed by atoms with Crippen LogP contribution in [-0.2, 0) is 0 Å². The highest BCUT2D eigenvalue weighted by atomic mass is 79.9. The SMILES string of the molecule is O=C(c1ccc(Br)cc1F)N1CCN(c2cccc(Cl)c2)CC1. The molecule has 23 heavy (non-hydrogen) atoms. The summed E-state index contributed by atoms with van der Waals surface area (Å²) in [6.45, 7) is 2.51. The first kappa shape index (κ1) is 16.3. The van der Waals surface area contributed by atoms with Crippen molar-refractivity contribution in [2.24, 2.45) is 0 Å². The molecule has 1 heterocycles. The zero-order valence-corrected chi connectivity index (χ0v) is 14.6. The Bertz CT molecular complexity index is 732. The second-order valence-corrected chi connectivity index (χ2v) is 6.74. The smallest absolute Gasteiger partial charge is 0.256 e. The molecule has 0 aromatic heterocycles. The number of carbonyl (C=O) groups excluding carboxylic acids is 1. The highest BCUT2D eigenvalue weighted by Crippen LogP contribution is 2.22. The molecular formula is C17H15BrClFN2O. The molecule has 0 atom stereocenters. The Morgan fingerprint density at radius 1 is 1.09 bits per heavy atom. The lowest BCUT2D eigenvalue weighted by molar-refractivity contribution is 0.0742. The number of amides is 1. The Balaban J connectivity index is 1.68. The van der Waals surface area contributed by atoms with Crippen molar-refractivity contribution in [1.82, 2.24) is 4.90 Å². The fourth-order valence-corrected chi connectivity index (χ4v) is 3.19. The van der Waals surface area contributed by atoms with Crippen molar-refractivity contribution in [3.05, 3.63) is 63.3 Å². The maximum atomic E-state index is 13.9. The number of halogens is 3. The van der Waals surface area contributed by atoms with Crippen LogP contribution < -0.4 is 4.90 Å². The van der Waals surface area contributed by atoms with Crippen LogP contribution in [0.25, 0.3) is 0 Å². The van der Waals surface area contributed by atoms with Crippen molar-refractivity contribution in [2.75, 3.05) is 31.1 Å². The largest absolute Gasteiger partial charge is 0.368 e. The van der Waals surface area contributed by atoms with Crippen molar-refractivity contribution in [3.8, 4) is 0 Å². The molecule has 1 amide bonds. The van der Waals surface area contributed by atoms with E-state index in [1.54, 1.807) is 11.0 Å². The summed E-state index contributed by atoms with van der Waals surface area (Å²) in [7, 11) is 0. The van der Waals surface area contributed by atoms with Crippen LogP contribution >= 0.6 is 27.5 Å². The number of hydrogen-bond donors (Lipinski definition) is 0. The average Bonchev–Trinajstić information content (AvgIpc) is 2.54. The van der Waals surface area contributed by atoms with E-state index in [0.717, 1.165) is 5.69 Å². The lowest BCUT2D eigenvalue weighted by atomic mass is 10.1. The Kier molecular flexibility index (Phi) is 4.87. The first-order valence-corrected chi connectivity index (χ1v) is 8.46. The molecule has 3 nitrogen and oxygen atoms in total. The fraction of sp³-hybridized carbons (Fsp3) is 0.235. The van der Waals surface area contributed by atoms with Crippen LogP contribution in [-0.4, -0.2) is 37.0 Å². The normalized spacial score (nSPS) is 14.9. The molecule has 2 aromatic carbocycles. The summed E-state index contributed by atoms with van der Waals surface area (Å²) in [5, 5.41) is 0.693. The Hall–Kier alpha value is -1.59. The second-order valence-electron chi connectivity index (χ2n) is 5.38. The van der Waals surface area contributed by atoms with Gasteiger partial charge in [0.2, 0.25) is 0 Å². The lowest BCUT2D eigenvalue weighted by Crippen LogP contribution is -2.49. The van der Waals surface area contributed by atoms with E-state index in [2.05, 4.69) is 20.8 Å². The number of nitrogens with zero attached hydrogens (tertiary/aromatic N) is 2. The second kappa shape index (κ2) is 6.89. The highest BCUT2D eigenvalue weighted by molar-refractivity contribution is 9.10. The summed E-state index contributed by atoms with van der Waals surface area (Å²) in [4.78, 5) is 16.3. The van der Waals surface area contributed by atoms with Crippen LogP contribution in [0.4, 0.5) is 10.1 Å². The molecule has 6 heteroatoms. The van der Waals surface area contributed by atoms with Crippen molar-refractivity contribution in [2.45, 2.75) is 0 Å². The Labute approximate surface area is 147 Å². The maximum absolute atomic E-state index is 13.9. The van der Waals surface area contributed by atoms with Gasteiger partial charge in [0.1, 0.15) is 5.82 Å². The molecule has 0 N–H and O–H groups in total. The van der Waals surface area contributed by atoms with Crippen LogP contribution in [0.5, 0.6) is 0 Å². The number of anilines is 1. The summed E-state index contributed by atoms with van der Waals surface area (Å²) >= 11 is 9.22. The minimum Gasteiger partial charge on any atom is -0.368 e. The Morgan fingerprint density at radius 2 is 1.83 bits per heavy atom. The summed E-state index contributed by atoms with van der Waals surface area (Å²) in [5.41, 5.74) is 1.16. The first-order valence-electron chi connectivity index (χ1n) is 7.29. The number of carbonyl (C=O) groups is 1. The standard InChI is InChI=1S/C17H15BrClFN2O/c18-12-4-5-15(16(20)10-12)17(23)22-8-6-21(7-9-22)14-3-1-2-13(19)11-14/h1-5,10-11H,6-9H2. The molecule has 0 saturated carbocycles. The van der Waals surface area contributed by atoms with E-state index in [1.807, 2.05) is 24.3 Å². The van der Waals surface area contributed by atoms with Gasteiger partial charge in [0, 0.05) is 41.4 Å². The quantitative estimate of drug-likeness (QED) is 0.758. The molecule has 1 aliphatic heterocycles. The van der Waals surface area contributed by atoms with Crippen molar-refractivity contribution in [1.29, 1.82) is 0 Å². The van der Waals surface area contributed by atoms with Gasteiger partial charge in [-0.1, -0.05) is 33.6 Å². The Morgan fingerprint density at radius 3 is 2.48 bits per heavy atom. The molecule has 1 saturated heterocycles. The third-order valence-electron chi connectivity index (χ3n) is 3.90. The average molecular weight is 398 g/mol. The minimum absolute atomic E-state index is 0.115. The zero-order chi connectivity index (χ0) is 16.4. The maximum Gasteiger partial charge on any atom is 0.256 e. The summed E-state index contributed by atoms with van der Waals surface area (Å²) in [6, 6.07) is 12.2. The number of rotatable bonds is 2. The molecule has 1 fully saturated rings. The van der Waals surface area contributed by atoms with Crippen molar-refractivity contribution < 1.29 is 9.18 Å². The van der Waals surface area contributed by atoms with E-state index in [1.165, 1.54) is 12.1 Å². The number of piperazine rings is 1. The molecule has 0 spiro atoms. The van der Waals surface area contributed by atoms with E-state index in [9.17, 15) is 9.18 Å². The number of benzene rings is 2. The van der Waals surface area contributed by atoms with Crippen LogP contribution in [0.1, 0.15) is 10.4 Å². The van der Waals surface area contributed by atoms with Crippen LogP contribution in [0.2, 0.25) is 5.02 Å². The number of hydrogen-bond acceptors (Lipinski definition) is 2. The lowest BCUT2D eigenvalue weighted by Gasteiger charge is -2.36. The van der Waals surface area contributed by atoms with Gasteiger partial charge in [-0.25, -0.2) is 4.39 Å². The van der Waals surface area contributed by atoms with Gasteiger partial charge < -0.3 is 9.80 Å². The fourth-order valence-electron chi connectivity index (χ4n) is 2.67. The van der Waals surface area contributed by atoms with Crippen molar-refractivity contribution in [3.63, 3.8) is 0 Å². The monoisotopic (exact) mass is 396 g/mol. The summed E-state index contributed by atoms with van der Waals surface area (Å²) in [6.07, 6.45) is 0. The van der Waals surface area contributed by atoms with Gasteiger partial charge in [-0.15, -0.1) is 0 Å². The zero-order valence-electron chi connectivity index (χ0n) is 12.3. The molecular weight excluding hydrogens is 383 g/mol. The van der Waals surface area contributed by atoms with Gasteiger partial charge in [0.05, 0.1) is 5.56 Å². The van der Waals surface area contributed by atoms with E-state index in [-0.39, 0.29) is 11.5 Å². The van der Waals surface area contributed by atoms with Gasteiger partial charge in [-0.05, 0) is 36.4 Å². The van der Waals surface area contributed by atoms with Gasteiger partial charge in [0.15, 0.2) is 0 Å². The molecule has 0 aliphatic carbocycles. The topological polar surface area (TPSA) is 23.6 Å². The van der Waals surface area contributed by atoms with E-state index in [4.69, 9.17) is 11.6 Å². The van der Waals surface area contributed by atoms with E-state index in [0.29, 0.717) is 35.7 Å². The predicted molar refractivity (Wildman–Crippen MR) is 93.7 cm³/mol. The molecule has 0 radical (unpaired) electrons. The summed E-state index contributed by atoms with van der Waals surface area (Å²) in [5.74, 6) is -0.762. The third kappa shape index (κ3) is 3.67. The summed E-state index contributed by atoms with van der Waals surface area (Å²) < 4.78 is 14.6. The van der Waals surface area contributed by atoms with Gasteiger partial charge in [0.25, 0.3) is 5.91 Å². The molecule has 1 aliphatic rings. The minimum atomic E-state index is -0.498. The van der Waals surface area contributed by atoms with Crippen LogP contribution in [0, 0.1) is 5.82 Å². The third-order valence-corrected chi connectivity index (χ3v) is 4.63.